The molecule has 0 aliphatic carbocycles. The summed E-state index contributed by atoms with van der Waals surface area (Å²) in [5.74, 6) is 0.673. The van der Waals surface area contributed by atoms with E-state index in [9.17, 15) is 5.11 Å². The predicted octanol–water partition coefficient (Wildman–Crippen LogP) is 3.11. The zero-order valence-corrected chi connectivity index (χ0v) is 12.0. The average molecular weight is 281 g/mol. The maximum Gasteiger partial charge on any atom is 0.136 e. The van der Waals surface area contributed by atoms with E-state index in [0.29, 0.717) is 11.5 Å². The number of hydrogen-bond donors (Lipinski definition) is 2. The van der Waals surface area contributed by atoms with Crippen LogP contribution in [-0.4, -0.2) is 14.7 Å². The van der Waals surface area contributed by atoms with E-state index in [1.165, 1.54) is 5.56 Å². The van der Waals surface area contributed by atoms with E-state index in [2.05, 4.69) is 28.6 Å². The molecule has 4 nitrogen and oxygen atoms in total. The molecule has 1 heterocycles. The van der Waals surface area contributed by atoms with Gasteiger partial charge in [0.15, 0.2) is 0 Å². The predicted molar refractivity (Wildman–Crippen MR) is 84.9 cm³/mol. The third-order valence-electron chi connectivity index (χ3n) is 3.81. The molecule has 0 saturated heterocycles. The summed E-state index contributed by atoms with van der Waals surface area (Å²) in [7, 11) is 0. The molecule has 0 bridgehead atoms. The second-order valence-electron chi connectivity index (χ2n) is 5.14. The van der Waals surface area contributed by atoms with Crippen molar-refractivity contribution in [2.75, 3.05) is 5.73 Å². The number of aromatic nitrogens is 2. The third kappa shape index (κ3) is 2.38. The summed E-state index contributed by atoms with van der Waals surface area (Å²) in [6.45, 7) is 2.06. The second-order valence-corrected chi connectivity index (χ2v) is 5.14. The van der Waals surface area contributed by atoms with Gasteiger partial charge < -0.3 is 15.4 Å². The Morgan fingerprint density at radius 2 is 1.95 bits per heavy atom. The molecule has 21 heavy (non-hydrogen) atoms. The van der Waals surface area contributed by atoms with E-state index in [-0.39, 0.29) is 12.6 Å². The van der Waals surface area contributed by atoms with Crippen LogP contribution in [-0.2, 0) is 6.61 Å². The van der Waals surface area contributed by atoms with Gasteiger partial charge in [0, 0.05) is 5.69 Å². The molecule has 0 fully saturated rings. The van der Waals surface area contributed by atoms with Crippen LogP contribution in [0.25, 0.3) is 11.0 Å². The number of imidazole rings is 1. The van der Waals surface area contributed by atoms with Crippen LogP contribution in [0.2, 0.25) is 0 Å². The molecular formula is C17H19N3O. The Bertz CT molecular complexity index is 749. The maximum atomic E-state index is 9.67. The monoisotopic (exact) mass is 281 g/mol. The van der Waals surface area contributed by atoms with E-state index >= 15 is 0 Å². The van der Waals surface area contributed by atoms with Crippen LogP contribution in [0, 0.1) is 0 Å². The largest absolute Gasteiger partial charge is 0.399 e. The first-order valence-electron chi connectivity index (χ1n) is 7.16. The molecule has 2 aromatic carbocycles. The summed E-state index contributed by atoms with van der Waals surface area (Å²) in [5, 5.41) is 9.67. The number of fused-ring (bicyclic) bond motifs is 1. The minimum Gasteiger partial charge on any atom is -0.399 e. The summed E-state index contributed by atoms with van der Waals surface area (Å²) in [6.07, 6.45) is 0.923. The van der Waals surface area contributed by atoms with Gasteiger partial charge in [-0.25, -0.2) is 4.98 Å². The second kappa shape index (κ2) is 5.58. The van der Waals surface area contributed by atoms with Crippen molar-refractivity contribution in [2.24, 2.45) is 0 Å². The Hall–Kier alpha value is -2.33. The molecule has 1 atom stereocenters. The minimum atomic E-state index is -0.0854. The lowest BCUT2D eigenvalue weighted by Crippen LogP contribution is -2.13. The summed E-state index contributed by atoms with van der Waals surface area (Å²) in [5.41, 5.74) is 9.56. The number of anilines is 1. The van der Waals surface area contributed by atoms with Crippen LogP contribution >= 0.6 is 0 Å². The molecule has 0 aliphatic rings. The van der Waals surface area contributed by atoms with E-state index in [0.717, 1.165) is 17.5 Å². The van der Waals surface area contributed by atoms with Crippen molar-refractivity contribution >= 4 is 16.7 Å². The van der Waals surface area contributed by atoms with Gasteiger partial charge in [-0.15, -0.1) is 0 Å². The van der Waals surface area contributed by atoms with Gasteiger partial charge in [-0.1, -0.05) is 37.3 Å². The molecule has 3 rings (SSSR count). The number of nitrogens with two attached hydrogens (primary N) is 1. The SMILES string of the molecule is CCC(c1ccccc1)n1c(CO)nc2cc(N)ccc21. The van der Waals surface area contributed by atoms with Crippen LogP contribution in [0.3, 0.4) is 0 Å². The Morgan fingerprint density at radius 1 is 1.19 bits per heavy atom. The molecular weight excluding hydrogens is 262 g/mol. The minimum absolute atomic E-state index is 0.0854. The van der Waals surface area contributed by atoms with Gasteiger partial charge in [-0.2, -0.15) is 0 Å². The first-order chi connectivity index (χ1) is 10.2. The molecule has 1 unspecified atom stereocenters. The van der Waals surface area contributed by atoms with Gasteiger partial charge in [-0.05, 0) is 30.2 Å². The third-order valence-corrected chi connectivity index (χ3v) is 3.81. The van der Waals surface area contributed by atoms with Gasteiger partial charge >= 0.3 is 0 Å². The number of nitrogen functional groups attached to an aromatic ring is 1. The Kier molecular flexibility index (Phi) is 3.62. The summed E-state index contributed by atoms with van der Waals surface area (Å²) in [6, 6.07) is 16.2. The first kappa shape index (κ1) is 13.6. The Labute approximate surface area is 123 Å². The van der Waals surface area contributed by atoms with Crippen LogP contribution in [0.5, 0.6) is 0 Å². The van der Waals surface area contributed by atoms with Crippen molar-refractivity contribution in [3.8, 4) is 0 Å². The van der Waals surface area contributed by atoms with Crippen molar-refractivity contribution in [1.29, 1.82) is 0 Å². The molecule has 0 spiro atoms. The number of rotatable bonds is 4. The van der Waals surface area contributed by atoms with Gasteiger partial charge in [0.2, 0.25) is 0 Å². The molecule has 1 aromatic heterocycles. The molecule has 0 amide bonds. The quantitative estimate of drug-likeness (QED) is 0.722. The lowest BCUT2D eigenvalue weighted by Gasteiger charge is -2.20. The maximum absolute atomic E-state index is 9.67. The summed E-state index contributed by atoms with van der Waals surface area (Å²) >= 11 is 0. The highest BCUT2D eigenvalue weighted by atomic mass is 16.3. The highest BCUT2D eigenvalue weighted by Crippen LogP contribution is 2.29. The van der Waals surface area contributed by atoms with Gasteiger partial charge in [0.05, 0.1) is 17.1 Å². The van der Waals surface area contributed by atoms with E-state index in [1.54, 1.807) is 0 Å². The topological polar surface area (TPSA) is 64.1 Å². The van der Waals surface area contributed by atoms with Crippen molar-refractivity contribution in [1.82, 2.24) is 9.55 Å². The van der Waals surface area contributed by atoms with Crippen LogP contribution in [0.1, 0.15) is 30.8 Å². The van der Waals surface area contributed by atoms with Crippen molar-refractivity contribution in [3.63, 3.8) is 0 Å². The van der Waals surface area contributed by atoms with E-state index < -0.39 is 0 Å². The fraction of sp³-hybridized carbons (Fsp3) is 0.235. The zero-order chi connectivity index (χ0) is 14.8. The van der Waals surface area contributed by atoms with E-state index in [4.69, 9.17) is 5.73 Å². The molecule has 0 aliphatic heterocycles. The highest BCUT2D eigenvalue weighted by molar-refractivity contribution is 5.80. The van der Waals surface area contributed by atoms with Gasteiger partial charge in [-0.3, -0.25) is 0 Å². The molecule has 0 radical (unpaired) electrons. The number of hydrogen-bond acceptors (Lipinski definition) is 3. The summed E-state index contributed by atoms with van der Waals surface area (Å²) in [4.78, 5) is 4.52. The lowest BCUT2D eigenvalue weighted by atomic mass is 10.0. The van der Waals surface area contributed by atoms with Crippen molar-refractivity contribution in [2.45, 2.75) is 26.0 Å². The lowest BCUT2D eigenvalue weighted by molar-refractivity contribution is 0.263. The van der Waals surface area contributed by atoms with Gasteiger partial charge in [0.25, 0.3) is 0 Å². The molecule has 3 aromatic rings. The smallest absolute Gasteiger partial charge is 0.136 e. The Morgan fingerprint density at radius 3 is 2.62 bits per heavy atom. The fourth-order valence-corrected chi connectivity index (χ4v) is 2.87. The Balaban J connectivity index is 2.22. The summed E-state index contributed by atoms with van der Waals surface area (Å²) < 4.78 is 2.12. The highest BCUT2D eigenvalue weighted by Gasteiger charge is 2.19. The number of aliphatic hydroxyl groups is 1. The zero-order valence-electron chi connectivity index (χ0n) is 12.0. The van der Waals surface area contributed by atoms with Gasteiger partial charge in [0.1, 0.15) is 12.4 Å². The number of aliphatic hydroxyl groups excluding tert-OH is 1. The molecule has 0 saturated carbocycles. The number of benzene rings is 2. The molecule has 108 valence electrons. The van der Waals surface area contributed by atoms with E-state index in [1.807, 2.05) is 36.4 Å². The van der Waals surface area contributed by atoms with Crippen molar-refractivity contribution in [3.05, 3.63) is 59.9 Å². The molecule has 3 N–H and O–H groups in total. The standard InChI is InChI=1S/C17H19N3O/c1-2-15(12-6-4-3-5-7-12)20-16-9-8-13(18)10-14(16)19-17(20)11-21/h3-10,15,21H,2,11,18H2,1H3. The van der Waals surface area contributed by atoms with Crippen LogP contribution in [0.15, 0.2) is 48.5 Å². The normalized spacial score (nSPS) is 12.7. The molecule has 4 heteroatoms. The fourth-order valence-electron chi connectivity index (χ4n) is 2.87. The van der Waals surface area contributed by atoms with Crippen LogP contribution in [0.4, 0.5) is 5.69 Å². The average Bonchev–Trinajstić information content (AvgIpc) is 2.87. The van der Waals surface area contributed by atoms with Crippen LogP contribution < -0.4 is 5.73 Å². The first-order valence-corrected chi connectivity index (χ1v) is 7.16. The number of nitrogens with zero attached hydrogens (tertiary/aromatic N) is 2. The van der Waals surface area contributed by atoms with Crippen molar-refractivity contribution < 1.29 is 5.11 Å².